The summed E-state index contributed by atoms with van der Waals surface area (Å²) in [6.07, 6.45) is 0.847. The first kappa shape index (κ1) is 26.0. The first-order valence-electron chi connectivity index (χ1n) is 10.5. The molecule has 1 amide bonds. The highest BCUT2D eigenvalue weighted by Gasteiger charge is 2.25. The van der Waals surface area contributed by atoms with E-state index in [9.17, 15) is 4.79 Å². The number of carbonyl (C=O) groups excluding carboxylic acids is 1. The molecule has 1 fully saturated rings. The largest absolute Gasteiger partial charge is 0.495 e. The van der Waals surface area contributed by atoms with Crippen molar-refractivity contribution in [2.75, 3.05) is 58.5 Å². The molecule has 3 aromatic rings. The van der Waals surface area contributed by atoms with Crippen LogP contribution in [0.2, 0.25) is 0 Å². The van der Waals surface area contributed by atoms with Gasteiger partial charge in [-0.05, 0) is 53.3 Å². The first-order valence-corrected chi connectivity index (χ1v) is 12.4. The van der Waals surface area contributed by atoms with E-state index in [2.05, 4.69) is 27.5 Å². The van der Waals surface area contributed by atoms with Crippen LogP contribution in [0.5, 0.6) is 11.5 Å². The SMILES string of the molecule is COc1ccc(OC)c2sc(N(CCCN3CCOCC3)C(=O)c3ccccc3I)nc12.Cl. The Labute approximate surface area is 217 Å². The molecule has 1 aliphatic rings. The summed E-state index contributed by atoms with van der Waals surface area (Å²) < 4.78 is 18.3. The van der Waals surface area contributed by atoms with Gasteiger partial charge in [-0.3, -0.25) is 14.6 Å². The van der Waals surface area contributed by atoms with Gasteiger partial charge in [0.15, 0.2) is 5.13 Å². The molecule has 0 radical (unpaired) electrons. The smallest absolute Gasteiger partial charge is 0.261 e. The zero-order valence-electron chi connectivity index (χ0n) is 18.6. The fraction of sp³-hybridized carbons (Fsp3) is 0.391. The molecule has 33 heavy (non-hydrogen) atoms. The van der Waals surface area contributed by atoms with E-state index in [0.717, 1.165) is 53.3 Å². The predicted octanol–water partition coefficient (Wildman–Crippen LogP) is 4.71. The minimum absolute atomic E-state index is 0. The van der Waals surface area contributed by atoms with Gasteiger partial charge in [-0.15, -0.1) is 12.4 Å². The molecule has 4 rings (SSSR count). The van der Waals surface area contributed by atoms with Crippen LogP contribution in [0.1, 0.15) is 16.8 Å². The summed E-state index contributed by atoms with van der Waals surface area (Å²) in [7, 11) is 3.26. The molecule has 0 N–H and O–H groups in total. The average molecular weight is 604 g/mol. The lowest BCUT2D eigenvalue weighted by molar-refractivity contribution is 0.0376. The van der Waals surface area contributed by atoms with E-state index in [4.69, 9.17) is 19.2 Å². The number of methoxy groups -OCH3 is 2. The van der Waals surface area contributed by atoms with Gasteiger partial charge in [0.05, 0.1) is 33.0 Å². The standard InChI is InChI=1S/C23H26IN3O4S.ClH/c1-29-18-8-9-19(30-2)21-20(18)25-23(32-21)27(11-5-10-26-12-14-31-15-13-26)22(28)16-6-3-4-7-17(16)24;/h3-4,6-9H,5,10-15H2,1-2H3;1H. The number of hydrogen-bond acceptors (Lipinski definition) is 7. The second-order valence-electron chi connectivity index (χ2n) is 7.39. The third-order valence-corrected chi connectivity index (χ3v) is 7.47. The Hall–Kier alpha value is -1.66. The van der Waals surface area contributed by atoms with Crippen molar-refractivity contribution >= 4 is 67.6 Å². The quantitative estimate of drug-likeness (QED) is 0.348. The molecule has 1 aromatic heterocycles. The summed E-state index contributed by atoms with van der Waals surface area (Å²) in [6.45, 7) is 4.88. The maximum atomic E-state index is 13.6. The maximum Gasteiger partial charge on any atom is 0.261 e. The molecule has 1 aliphatic heterocycles. The number of aromatic nitrogens is 1. The molecule has 1 saturated heterocycles. The van der Waals surface area contributed by atoms with Gasteiger partial charge in [0, 0.05) is 29.7 Å². The molecule has 0 bridgehead atoms. The Morgan fingerprint density at radius 1 is 1.15 bits per heavy atom. The van der Waals surface area contributed by atoms with E-state index in [1.807, 2.05) is 36.4 Å². The number of thiazole rings is 1. The highest BCUT2D eigenvalue weighted by Crippen LogP contribution is 2.40. The number of ether oxygens (including phenoxy) is 3. The normalized spacial score (nSPS) is 14.0. The van der Waals surface area contributed by atoms with Crippen LogP contribution < -0.4 is 14.4 Å². The van der Waals surface area contributed by atoms with Gasteiger partial charge in [0.2, 0.25) is 0 Å². The van der Waals surface area contributed by atoms with Crippen molar-refractivity contribution in [2.45, 2.75) is 6.42 Å². The van der Waals surface area contributed by atoms with E-state index in [1.165, 1.54) is 11.3 Å². The van der Waals surface area contributed by atoms with Crippen molar-refractivity contribution in [3.63, 3.8) is 0 Å². The summed E-state index contributed by atoms with van der Waals surface area (Å²) in [5.41, 5.74) is 1.39. The summed E-state index contributed by atoms with van der Waals surface area (Å²) in [5.74, 6) is 1.34. The van der Waals surface area contributed by atoms with Gasteiger partial charge in [-0.25, -0.2) is 4.98 Å². The number of nitrogens with zero attached hydrogens (tertiary/aromatic N) is 3. The molecule has 0 aliphatic carbocycles. The van der Waals surface area contributed by atoms with E-state index < -0.39 is 0 Å². The number of benzene rings is 2. The fourth-order valence-corrected chi connectivity index (χ4v) is 5.45. The van der Waals surface area contributed by atoms with E-state index in [0.29, 0.717) is 28.5 Å². The summed E-state index contributed by atoms with van der Waals surface area (Å²) in [6, 6.07) is 11.4. The molecular weight excluding hydrogens is 577 g/mol. The number of fused-ring (bicyclic) bond motifs is 1. The summed E-state index contributed by atoms with van der Waals surface area (Å²) in [5, 5.41) is 0.648. The number of carbonyl (C=O) groups is 1. The molecule has 0 saturated carbocycles. The highest BCUT2D eigenvalue weighted by atomic mass is 127. The minimum Gasteiger partial charge on any atom is -0.495 e. The number of hydrogen-bond donors (Lipinski definition) is 0. The van der Waals surface area contributed by atoms with Gasteiger partial charge in [-0.2, -0.15) is 0 Å². The molecule has 10 heteroatoms. The van der Waals surface area contributed by atoms with Crippen LogP contribution in [0.15, 0.2) is 36.4 Å². The van der Waals surface area contributed by atoms with E-state index in [1.54, 1.807) is 19.1 Å². The predicted molar refractivity (Wildman–Crippen MR) is 143 cm³/mol. The number of anilines is 1. The second kappa shape index (κ2) is 12.2. The van der Waals surface area contributed by atoms with Crippen LogP contribution in [-0.4, -0.2) is 69.4 Å². The van der Waals surface area contributed by atoms with Crippen molar-refractivity contribution in [2.24, 2.45) is 0 Å². The zero-order valence-corrected chi connectivity index (χ0v) is 22.4. The van der Waals surface area contributed by atoms with Crippen molar-refractivity contribution < 1.29 is 19.0 Å². The topological polar surface area (TPSA) is 64.1 Å². The van der Waals surface area contributed by atoms with Gasteiger partial charge >= 0.3 is 0 Å². The third kappa shape index (κ3) is 5.89. The highest BCUT2D eigenvalue weighted by molar-refractivity contribution is 14.1. The molecule has 2 heterocycles. The number of amides is 1. The van der Waals surface area contributed by atoms with E-state index >= 15 is 0 Å². The molecule has 2 aromatic carbocycles. The maximum absolute atomic E-state index is 13.6. The van der Waals surface area contributed by atoms with Gasteiger partial charge in [-0.1, -0.05) is 23.5 Å². The Kier molecular flexibility index (Phi) is 9.57. The van der Waals surface area contributed by atoms with Crippen LogP contribution in [0.3, 0.4) is 0 Å². The van der Waals surface area contributed by atoms with Gasteiger partial charge in [0.25, 0.3) is 5.91 Å². The van der Waals surface area contributed by atoms with Crippen molar-refractivity contribution in [1.29, 1.82) is 0 Å². The molecule has 178 valence electrons. The number of morpholine rings is 1. The Balaban J connectivity index is 0.00000306. The van der Waals surface area contributed by atoms with Crippen molar-refractivity contribution in [1.82, 2.24) is 9.88 Å². The lowest BCUT2D eigenvalue weighted by atomic mass is 10.2. The third-order valence-electron chi connectivity index (χ3n) is 5.44. The molecular formula is C23H27ClIN3O4S. The molecule has 0 spiro atoms. The Bertz CT molecular complexity index is 1050. The Morgan fingerprint density at radius 2 is 1.85 bits per heavy atom. The summed E-state index contributed by atoms with van der Waals surface area (Å²) >= 11 is 3.67. The van der Waals surface area contributed by atoms with Crippen LogP contribution in [0.25, 0.3) is 10.2 Å². The molecule has 0 unspecified atom stereocenters. The van der Waals surface area contributed by atoms with Crippen LogP contribution in [0.4, 0.5) is 5.13 Å². The lowest BCUT2D eigenvalue weighted by Gasteiger charge is -2.27. The fourth-order valence-electron chi connectivity index (χ4n) is 3.73. The average Bonchev–Trinajstić information content (AvgIpc) is 3.27. The van der Waals surface area contributed by atoms with Crippen molar-refractivity contribution in [3.8, 4) is 11.5 Å². The zero-order chi connectivity index (χ0) is 22.5. The van der Waals surface area contributed by atoms with Crippen molar-refractivity contribution in [3.05, 3.63) is 45.5 Å². The number of halogens is 2. The van der Waals surface area contributed by atoms with Gasteiger partial charge in [0.1, 0.15) is 21.7 Å². The summed E-state index contributed by atoms with van der Waals surface area (Å²) in [4.78, 5) is 22.6. The monoisotopic (exact) mass is 603 g/mol. The van der Waals surface area contributed by atoms with E-state index in [-0.39, 0.29) is 18.3 Å². The first-order chi connectivity index (χ1) is 15.6. The van der Waals surface area contributed by atoms with Crippen LogP contribution >= 0.6 is 46.3 Å². The second-order valence-corrected chi connectivity index (χ2v) is 9.53. The van der Waals surface area contributed by atoms with Crippen LogP contribution in [0, 0.1) is 3.57 Å². The molecule has 7 nitrogen and oxygen atoms in total. The Morgan fingerprint density at radius 3 is 2.55 bits per heavy atom. The minimum atomic E-state index is -0.0473. The lowest BCUT2D eigenvalue weighted by Crippen LogP contribution is -2.39. The van der Waals surface area contributed by atoms with Crippen LogP contribution in [-0.2, 0) is 4.74 Å². The van der Waals surface area contributed by atoms with Gasteiger partial charge < -0.3 is 14.2 Å². The molecule has 0 atom stereocenters. The number of rotatable bonds is 8.